The lowest BCUT2D eigenvalue weighted by molar-refractivity contribution is -0.129. The summed E-state index contributed by atoms with van der Waals surface area (Å²) in [6.07, 6.45) is 5.72. The molecule has 7 heteroatoms. The molecule has 29 heavy (non-hydrogen) atoms. The lowest BCUT2D eigenvalue weighted by Gasteiger charge is -2.22. The summed E-state index contributed by atoms with van der Waals surface area (Å²) in [5.74, 6) is 0.416. The quantitative estimate of drug-likeness (QED) is 0.607. The van der Waals surface area contributed by atoms with Gasteiger partial charge in [-0.3, -0.25) is 9.89 Å². The fraction of sp³-hybridized carbons (Fsp3) is 0.227. The number of aromatic nitrogens is 3. The normalized spacial score (nSPS) is 15.1. The highest BCUT2D eigenvalue weighted by Crippen LogP contribution is 2.35. The fourth-order valence-corrected chi connectivity index (χ4v) is 4.24. The Morgan fingerprint density at radius 2 is 1.79 bits per heavy atom. The standard InChI is InChI=1S/C22H21FN4OS/c23-18-11-8-16(9-12-18)10-13-19-24-22(26-25-19)29-20(17-6-2-1-3-7-17)21(28)27-14-4-5-15-27/h1-3,6-13,20H,4-5,14-15H2,(H,24,25,26)/b13-10-/t20-/m0/s1. The predicted octanol–water partition coefficient (Wildman–Crippen LogP) is 4.57. The zero-order valence-electron chi connectivity index (χ0n) is 15.8. The molecule has 1 N–H and O–H groups in total. The molecule has 0 spiro atoms. The summed E-state index contributed by atoms with van der Waals surface area (Å²) < 4.78 is 13.0. The highest BCUT2D eigenvalue weighted by molar-refractivity contribution is 8.00. The molecule has 0 bridgehead atoms. The Morgan fingerprint density at radius 3 is 2.52 bits per heavy atom. The third-order valence-corrected chi connectivity index (χ3v) is 5.86. The van der Waals surface area contributed by atoms with E-state index in [9.17, 15) is 9.18 Å². The summed E-state index contributed by atoms with van der Waals surface area (Å²) in [5, 5.41) is 7.29. The number of carbonyl (C=O) groups is 1. The Kier molecular flexibility index (Phi) is 6.05. The number of rotatable bonds is 6. The van der Waals surface area contributed by atoms with Crippen molar-refractivity contribution >= 4 is 29.8 Å². The highest BCUT2D eigenvalue weighted by atomic mass is 32.2. The number of benzene rings is 2. The van der Waals surface area contributed by atoms with Crippen LogP contribution in [-0.2, 0) is 4.79 Å². The van der Waals surface area contributed by atoms with Crippen LogP contribution in [-0.4, -0.2) is 39.1 Å². The SMILES string of the molecule is O=C([C@@H](Sc1n[nH]c(/C=C\c2ccc(F)cc2)n1)c1ccccc1)N1CCCC1. The largest absolute Gasteiger partial charge is 0.341 e. The van der Waals surface area contributed by atoms with E-state index in [-0.39, 0.29) is 17.0 Å². The van der Waals surface area contributed by atoms with E-state index in [1.807, 2.05) is 41.3 Å². The molecule has 1 aromatic heterocycles. The second-order valence-corrected chi connectivity index (χ2v) is 7.90. The molecule has 0 radical (unpaired) electrons. The van der Waals surface area contributed by atoms with Crippen LogP contribution in [0, 0.1) is 5.82 Å². The zero-order valence-corrected chi connectivity index (χ0v) is 16.6. The van der Waals surface area contributed by atoms with Gasteiger partial charge in [-0.1, -0.05) is 60.3 Å². The van der Waals surface area contributed by atoms with Crippen LogP contribution in [0.15, 0.2) is 59.8 Å². The molecule has 0 unspecified atom stereocenters. The van der Waals surface area contributed by atoms with Crippen molar-refractivity contribution in [3.63, 3.8) is 0 Å². The minimum Gasteiger partial charge on any atom is -0.341 e. The van der Waals surface area contributed by atoms with Gasteiger partial charge in [0.15, 0.2) is 0 Å². The number of nitrogens with one attached hydrogen (secondary N) is 1. The Bertz CT molecular complexity index is 982. The van der Waals surface area contributed by atoms with Gasteiger partial charge >= 0.3 is 0 Å². The van der Waals surface area contributed by atoms with E-state index >= 15 is 0 Å². The van der Waals surface area contributed by atoms with Gasteiger partial charge in [0.05, 0.1) is 0 Å². The first-order valence-corrected chi connectivity index (χ1v) is 10.4. The first kappa shape index (κ1) is 19.4. The molecule has 1 aliphatic rings. The third-order valence-electron chi connectivity index (χ3n) is 4.75. The van der Waals surface area contributed by atoms with Gasteiger partial charge in [0.2, 0.25) is 11.1 Å². The van der Waals surface area contributed by atoms with Crippen molar-refractivity contribution in [3.8, 4) is 0 Å². The van der Waals surface area contributed by atoms with E-state index in [2.05, 4.69) is 15.2 Å². The Balaban J connectivity index is 1.50. The number of amides is 1. The van der Waals surface area contributed by atoms with E-state index in [0.717, 1.165) is 37.1 Å². The van der Waals surface area contributed by atoms with Crippen LogP contribution in [0.4, 0.5) is 4.39 Å². The fourth-order valence-electron chi connectivity index (χ4n) is 3.23. The van der Waals surface area contributed by atoms with Crippen LogP contribution in [0.1, 0.15) is 35.0 Å². The number of aromatic amines is 1. The maximum Gasteiger partial charge on any atom is 0.240 e. The van der Waals surface area contributed by atoms with Crippen LogP contribution in [0.3, 0.4) is 0 Å². The molecule has 5 nitrogen and oxygen atoms in total. The van der Waals surface area contributed by atoms with E-state index in [1.54, 1.807) is 18.2 Å². The number of hydrogen-bond acceptors (Lipinski definition) is 4. The van der Waals surface area contributed by atoms with Crippen molar-refractivity contribution in [2.75, 3.05) is 13.1 Å². The van der Waals surface area contributed by atoms with Crippen molar-refractivity contribution < 1.29 is 9.18 Å². The van der Waals surface area contributed by atoms with E-state index in [0.29, 0.717) is 11.0 Å². The lowest BCUT2D eigenvalue weighted by Crippen LogP contribution is -2.31. The molecule has 1 aliphatic heterocycles. The van der Waals surface area contributed by atoms with E-state index in [1.165, 1.54) is 23.9 Å². The monoisotopic (exact) mass is 408 g/mol. The van der Waals surface area contributed by atoms with Gasteiger partial charge in [-0.2, -0.15) is 0 Å². The Morgan fingerprint density at radius 1 is 1.07 bits per heavy atom. The second-order valence-electron chi connectivity index (χ2n) is 6.83. The van der Waals surface area contributed by atoms with Gasteiger partial charge in [-0.25, -0.2) is 9.37 Å². The number of carbonyl (C=O) groups excluding carboxylic acids is 1. The van der Waals surface area contributed by atoms with Crippen LogP contribution < -0.4 is 0 Å². The smallest absolute Gasteiger partial charge is 0.240 e. The van der Waals surface area contributed by atoms with E-state index in [4.69, 9.17) is 0 Å². The van der Waals surface area contributed by atoms with Crippen LogP contribution in [0.5, 0.6) is 0 Å². The topological polar surface area (TPSA) is 61.9 Å². The van der Waals surface area contributed by atoms with Gasteiger partial charge in [0.1, 0.15) is 16.9 Å². The van der Waals surface area contributed by atoms with Crippen molar-refractivity contribution in [1.29, 1.82) is 0 Å². The van der Waals surface area contributed by atoms with Gasteiger partial charge in [0.25, 0.3) is 0 Å². The lowest BCUT2D eigenvalue weighted by atomic mass is 10.1. The minimum atomic E-state index is -0.376. The molecule has 0 aliphatic carbocycles. The molecule has 148 valence electrons. The summed E-state index contributed by atoms with van der Waals surface area (Å²) in [4.78, 5) is 19.5. The average molecular weight is 409 g/mol. The highest BCUT2D eigenvalue weighted by Gasteiger charge is 2.29. The summed E-state index contributed by atoms with van der Waals surface area (Å²) in [5.41, 5.74) is 1.81. The van der Waals surface area contributed by atoms with Crippen LogP contribution in [0.25, 0.3) is 12.2 Å². The minimum absolute atomic E-state index is 0.104. The number of hydrogen-bond donors (Lipinski definition) is 1. The molecule has 1 atom stereocenters. The molecular formula is C22H21FN4OS. The Hall–Kier alpha value is -2.93. The number of likely N-dealkylation sites (tertiary alicyclic amines) is 1. The summed E-state index contributed by atoms with van der Waals surface area (Å²) in [6.45, 7) is 1.62. The summed E-state index contributed by atoms with van der Waals surface area (Å²) in [6, 6.07) is 16.0. The maximum atomic E-state index is 13.1. The van der Waals surface area contributed by atoms with Crippen molar-refractivity contribution in [2.45, 2.75) is 23.2 Å². The van der Waals surface area contributed by atoms with Gasteiger partial charge in [0, 0.05) is 13.1 Å². The molecule has 2 heterocycles. The van der Waals surface area contributed by atoms with Gasteiger partial charge < -0.3 is 4.90 Å². The van der Waals surface area contributed by atoms with Gasteiger partial charge in [-0.05, 0) is 42.2 Å². The predicted molar refractivity (Wildman–Crippen MR) is 113 cm³/mol. The first-order valence-electron chi connectivity index (χ1n) is 9.55. The van der Waals surface area contributed by atoms with Crippen molar-refractivity contribution in [2.24, 2.45) is 0 Å². The second kappa shape index (κ2) is 9.05. The molecule has 1 saturated heterocycles. The Labute approximate surface area is 173 Å². The molecule has 1 amide bonds. The van der Waals surface area contributed by atoms with Crippen LogP contribution >= 0.6 is 11.8 Å². The van der Waals surface area contributed by atoms with Gasteiger partial charge in [-0.15, -0.1) is 5.10 Å². The number of nitrogens with zero attached hydrogens (tertiary/aromatic N) is 3. The van der Waals surface area contributed by atoms with E-state index < -0.39 is 0 Å². The molecular weight excluding hydrogens is 387 g/mol. The molecule has 2 aromatic carbocycles. The number of H-pyrrole nitrogens is 1. The summed E-state index contributed by atoms with van der Waals surface area (Å²) in [7, 11) is 0. The maximum absolute atomic E-state index is 13.1. The number of thioether (sulfide) groups is 1. The van der Waals surface area contributed by atoms with Crippen molar-refractivity contribution in [3.05, 3.63) is 77.4 Å². The zero-order chi connectivity index (χ0) is 20.1. The van der Waals surface area contributed by atoms with Crippen LogP contribution in [0.2, 0.25) is 0 Å². The summed E-state index contributed by atoms with van der Waals surface area (Å²) >= 11 is 1.35. The molecule has 1 fully saturated rings. The first-order chi connectivity index (χ1) is 14.2. The molecule has 3 aromatic rings. The number of halogens is 1. The molecule has 0 saturated carbocycles. The van der Waals surface area contributed by atoms with Crippen molar-refractivity contribution in [1.82, 2.24) is 20.1 Å². The molecule has 4 rings (SSSR count). The average Bonchev–Trinajstić information content (AvgIpc) is 3.44. The third kappa shape index (κ3) is 4.92.